The third-order valence-corrected chi connectivity index (χ3v) is 5.53. The van der Waals surface area contributed by atoms with Crippen LogP contribution in [-0.2, 0) is 10.0 Å². The average molecular weight is 323 g/mol. The van der Waals surface area contributed by atoms with Crippen LogP contribution in [0.1, 0.15) is 12.8 Å². The van der Waals surface area contributed by atoms with Crippen LogP contribution >= 0.6 is 23.2 Å². The third kappa shape index (κ3) is 3.83. The first kappa shape index (κ1) is 15.1. The number of halogens is 2. The van der Waals surface area contributed by atoms with Gasteiger partial charge in [0.05, 0.1) is 10.0 Å². The highest BCUT2D eigenvalue weighted by Gasteiger charge is 2.23. The summed E-state index contributed by atoms with van der Waals surface area (Å²) in [6, 6.07) is 4.66. The van der Waals surface area contributed by atoms with Crippen LogP contribution < -0.4 is 10.0 Å². The summed E-state index contributed by atoms with van der Waals surface area (Å²) in [6.45, 7) is 2.23. The molecule has 0 spiro atoms. The molecular weight excluding hydrogens is 307 g/mol. The average Bonchev–Trinajstić information content (AvgIpc) is 2.37. The van der Waals surface area contributed by atoms with Gasteiger partial charge in [-0.3, -0.25) is 0 Å². The number of rotatable bonds is 4. The summed E-state index contributed by atoms with van der Waals surface area (Å²) in [5, 5.41) is 3.53. The van der Waals surface area contributed by atoms with Crippen molar-refractivity contribution in [3.05, 3.63) is 28.2 Å². The quantitative estimate of drug-likeness (QED) is 0.894. The van der Waals surface area contributed by atoms with E-state index < -0.39 is 10.0 Å². The Morgan fingerprint density at radius 1 is 1.32 bits per heavy atom. The smallest absolute Gasteiger partial charge is 0.243 e. The SMILES string of the molecule is O=S(=O)(NC[C@@H]1CCCNC1)c1c(Cl)cccc1Cl. The summed E-state index contributed by atoms with van der Waals surface area (Å²) in [7, 11) is -3.66. The minimum atomic E-state index is -3.66. The number of nitrogens with one attached hydrogen (secondary N) is 2. The lowest BCUT2D eigenvalue weighted by Gasteiger charge is -2.23. The van der Waals surface area contributed by atoms with E-state index in [4.69, 9.17) is 23.2 Å². The maximum Gasteiger partial charge on any atom is 0.243 e. The summed E-state index contributed by atoms with van der Waals surface area (Å²) >= 11 is 11.8. The van der Waals surface area contributed by atoms with Gasteiger partial charge in [0.25, 0.3) is 0 Å². The zero-order valence-corrected chi connectivity index (χ0v) is 12.7. The second-order valence-electron chi connectivity index (χ2n) is 4.62. The Morgan fingerprint density at radius 2 is 2.00 bits per heavy atom. The van der Waals surface area contributed by atoms with Crippen LogP contribution in [0.5, 0.6) is 0 Å². The second-order valence-corrected chi connectivity index (χ2v) is 7.13. The van der Waals surface area contributed by atoms with Gasteiger partial charge in [-0.25, -0.2) is 13.1 Å². The first-order valence-corrected chi connectivity index (χ1v) is 8.39. The Balaban J connectivity index is 2.09. The van der Waals surface area contributed by atoms with Gasteiger partial charge >= 0.3 is 0 Å². The summed E-state index contributed by atoms with van der Waals surface area (Å²) in [5.41, 5.74) is 0. The van der Waals surface area contributed by atoms with E-state index in [1.165, 1.54) is 12.1 Å². The maximum atomic E-state index is 12.2. The summed E-state index contributed by atoms with van der Waals surface area (Å²) in [5.74, 6) is 0.310. The van der Waals surface area contributed by atoms with Gasteiger partial charge in [0, 0.05) is 6.54 Å². The molecule has 1 aliphatic rings. The van der Waals surface area contributed by atoms with Crippen molar-refractivity contribution >= 4 is 33.2 Å². The molecule has 1 heterocycles. The first-order chi connectivity index (χ1) is 9.00. The fourth-order valence-corrected chi connectivity index (χ4v) is 4.39. The van der Waals surface area contributed by atoms with Crippen LogP contribution in [0, 0.1) is 5.92 Å². The van der Waals surface area contributed by atoms with E-state index in [0.717, 1.165) is 25.9 Å². The number of sulfonamides is 1. The third-order valence-electron chi connectivity index (χ3n) is 3.15. The minimum absolute atomic E-state index is 0.0397. The molecule has 2 rings (SSSR count). The molecule has 19 heavy (non-hydrogen) atoms. The summed E-state index contributed by atoms with van der Waals surface area (Å²) in [6.07, 6.45) is 2.09. The van der Waals surface area contributed by atoms with Crippen LogP contribution in [0.3, 0.4) is 0 Å². The molecule has 1 saturated heterocycles. The van der Waals surface area contributed by atoms with E-state index in [0.29, 0.717) is 12.5 Å². The van der Waals surface area contributed by atoms with Crippen LogP contribution in [0.15, 0.2) is 23.1 Å². The van der Waals surface area contributed by atoms with Gasteiger partial charge in [-0.05, 0) is 44.0 Å². The van der Waals surface area contributed by atoms with Crippen molar-refractivity contribution < 1.29 is 8.42 Å². The fourth-order valence-electron chi connectivity index (χ4n) is 2.14. The molecule has 1 aromatic rings. The number of piperidine rings is 1. The van der Waals surface area contributed by atoms with Crippen LogP contribution in [-0.4, -0.2) is 28.1 Å². The van der Waals surface area contributed by atoms with Crippen molar-refractivity contribution in [3.8, 4) is 0 Å². The zero-order chi connectivity index (χ0) is 13.9. The topological polar surface area (TPSA) is 58.2 Å². The largest absolute Gasteiger partial charge is 0.316 e. The van der Waals surface area contributed by atoms with E-state index >= 15 is 0 Å². The molecule has 2 N–H and O–H groups in total. The lowest BCUT2D eigenvalue weighted by molar-refractivity contribution is 0.376. The highest BCUT2D eigenvalue weighted by Crippen LogP contribution is 2.28. The number of hydrogen-bond donors (Lipinski definition) is 2. The summed E-state index contributed by atoms with van der Waals surface area (Å²) < 4.78 is 27.0. The Hall–Kier alpha value is -0.330. The molecule has 1 atom stereocenters. The maximum absolute atomic E-state index is 12.2. The molecule has 7 heteroatoms. The van der Waals surface area contributed by atoms with Gasteiger partial charge in [-0.15, -0.1) is 0 Å². The molecule has 0 unspecified atom stereocenters. The Morgan fingerprint density at radius 3 is 2.58 bits per heavy atom. The normalized spacial score (nSPS) is 20.4. The standard InChI is InChI=1S/C12H16Cl2N2O2S/c13-10-4-1-5-11(14)12(10)19(17,18)16-8-9-3-2-6-15-7-9/h1,4-5,9,15-16H,2-3,6-8H2/t9-/m1/s1. The molecule has 0 saturated carbocycles. The van der Waals surface area contributed by atoms with E-state index in [1.807, 2.05) is 0 Å². The zero-order valence-electron chi connectivity index (χ0n) is 10.3. The van der Waals surface area contributed by atoms with E-state index in [2.05, 4.69) is 10.0 Å². The molecule has 0 amide bonds. The van der Waals surface area contributed by atoms with Gasteiger partial charge in [0.2, 0.25) is 10.0 Å². The molecule has 4 nitrogen and oxygen atoms in total. The number of hydrogen-bond acceptors (Lipinski definition) is 3. The van der Waals surface area contributed by atoms with Crippen molar-refractivity contribution in [1.29, 1.82) is 0 Å². The van der Waals surface area contributed by atoms with Crippen molar-refractivity contribution in [2.75, 3.05) is 19.6 Å². The molecule has 0 aliphatic carbocycles. The monoisotopic (exact) mass is 322 g/mol. The van der Waals surface area contributed by atoms with Gasteiger partial charge < -0.3 is 5.32 Å². The first-order valence-electron chi connectivity index (χ1n) is 6.15. The van der Waals surface area contributed by atoms with Gasteiger partial charge in [-0.1, -0.05) is 29.3 Å². The molecule has 106 valence electrons. The summed E-state index contributed by atoms with van der Waals surface area (Å²) in [4.78, 5) is -0.0397. The van der Waals surface area contributed by atoms with Gasteiger partial charge in [0.1, 0.15) is 4.90 Å². The van der Waals surface area contributed by atoms with Crippen molar-refractivity contribution in [2.24, 2.45) is 5.92 Å². The minimum Gasteiger partial charge on any atom is -0.316 e. The predicted octanol–water partition coefficient (Wildman–Crippen LogP) is 2.27. The van der Waals surface area contributed by atoms with E-state index in [9.17, 15) is 8.42 Å². The molecule has 1 fully saturated rings. The lowest BCUT2D eigenvalue weighted by atomic mass is 10.0. The second kappa shape index (κ2) is 6.41. The highest BCUT2D eigenvalue weighted by molar-refractivity contribution is 7.89. The van der Waals surface area contributed by atoms with E-state index in [1.54, 1.807) is 6.07 Å². The Labute approximate surface area is 123 Å². The molecule has 0 aromatic heterocycles. The van der Waals surface area contributed by atoms with Crippen molar-refractivity contribution in [2.45, 2.75) is 17.7 Å². The van der Waals surface area contributed by atoms with Crippen LogP contribution in [0.2, 0.25) is 10.0 Å². The van der Waals surface area contributed by atoms with Crippen molar-refractivity contribution in [1.82, 2.24) is 10.0 Å². The van der Waals surface area contributed by atoms with Gasteiger partial charge in [-0.2, -0.15) is 0 Å². The molecule has 0 radical (unpaired) electrons. The Kier molecular flexibility index (Phi) is 5.09. The lowest BCUT2D eigenvalue weighted by Crippen LogP contribution is -2.38. The van der Waals surface area contributed by atoms with Gasteiger partial charge in [0.15, 0.2) is 0 Å². The van der Waals surface area contributed by atoms with E-state index in [-0.39, 0.29) is 14.9 Å². The van der Waals surface area contributed by atoms with Crippen molar-refractivity contribution in [3.63, 3.8) is 0 Å². The molecule has 1 aliphatic heterocycles. The Bertz CT molecular complexity index is 522. The fraction of sp³-hybridized carbons (Fsp3) is 0.500. The number of benzene rings is 1. The molecular formula is C12H16Cl2N2O2S. The highest BCUT2D eigenvalue weighted by atomic mass is 35.5. The molecule has 0 bridgehead atoms. The van der Waals surface area contributed by atoms with Crippen LogP contribution in [0.25, 0.3) is 0 Å². The predicted molar refractivity (Wildman–Crippen MR) is 77.2 cm³/mol. The van der Waals surface area contributed by atoms with Crippen LogP contribution in [0.4, 0.5) is 0 Å². The molecule has 1 aromatic carbocycles.